The van der Waals surface area contributed by atoms with Gasteiger partial charge in [0.25, 0.3) is 0 Å². The first-order valence-electron chi connectivity index (χ1n) is 5.79. The fraction of sp³-hybridized carbons (Fsp3) is 0.357. The summed E-state index contributed by atoms with van der Waals surface area (Å²) in [6, 6.07) is 7.61. The van der Waals surface area contributed by atoms with Gasteiger partial charge in [-0.25, -0.2) is 9.36 Å². The van der Waals surface area contributed by atoms with E-state index in [4.69, 9.17) is 16.3 Å². The van der Waals surface area contributed by atoms with Crippen LogP contribution >= 0.6 is 11.6 Å². The molecule has 0 atom stereocenters. The zero-order chi connectivity index (χ0) is 13.5. The highest BCUT2D eigenvalue weighted by atomic mass is 35.5. The van der Waals surface area contributed by atoms with Crippen LogP contribution in [-0.2, 0) is 4.74 Å². The third-order valence-corrected chi connectivity index (χ3v) is 2.77. The van der Waals surface area contributed by atoms with Gasteiger partial charge in [0.2, 0.25) is 0 Å². The van der Waals surface area contributed by atoms with Gasteiger partial charge in [0, 0.05) is 5.39 Å². The van der Waals surface area contributed by atoms with Gasteiger partial charge in [-0.1, -0.05) is 23.7 Å². The van der Waals surface area contributed by atoms with Crippen molar-refractivity contribution in [1.82, 2.24) is 4.57 Å². The summed E-state index contributed by atoms with van der Waals surface area (Å²) in [5.74, 6) is 0. The first-order chi connectivity index (χ1) is 8.28. The van der Waals surface area contributed by atoms with Crippen molar-refractivity contribution in [2.24, 2.45) is 0 Å². The minimum Gasteiger partial charge on any atom is -0.443 e. The first-order valence-corrected chi connectivity index (χ1v) is 6.17. The molecular formula is C14H16ClNO2. The van der Waals surface area contributed by atoms with Gasteiger partial charge < -0.3 is 4.74 Å². The molecule has 0 aliphatic heterocycles. The standard InChI is InChI=1S/C14H16ClNO2/c1-9-5-6-10-8-12(15)16(11(10)7-9)13(17)18-14(2,3)4/h5-8H,1-4H3. The molecule has 1 aromatic carbocycles. The summed E-state index contributed by atoms with van der Waals surface area (Å²) in [6.45, 7) is 7.46. The van der Waals surface area contributed by atoms with Gasteiger partial charge in [0.15, 0.2) is 0 Å². The van der Waals surface area contributed by atoms with Crippen molar-refractivity contribution >= 4 is 28.6 Å². The van der Waals surface area contributed by atoms with Crippen molar-refractivity contribution in [3.63, 3.8) is 0 Å². The SMILES string of the molecule is Cc1ccc2cc(Cl)n(C(=O)OC(C)(C)C)c2c1. The number of aryl methyl sites for hydroxylation is 1. The number of hydrogen-bond acceptors (Lipinski definition) is 2. The molecule has 96 valence electrons. The molecule has 0 amide bonds. The lowest BCUT2D eigenvalue weighted by atomic mass is 10.2. The van der Waals surface area contributed by atoms with Crippen LogP contribution in [0.5, 0.6) is 0 Å². The van der Waals surface area contributed by atoms with Crippen molar-refractivity contribution in [1.29, 1.82) is 0 Å². The van der Waals surface area contributed by atoms with E-state index in [1.54, 1.807) is 6.07 Å². The van der Waals surface area contributed by atoms with Crippen molar-refractivity contribution in [2.45, 2.75) is 33.3 Å². The Balaban J connectivity index is 2.53. The average Bonchev–Trinajstić information content (AvgIpc) is 2.50. The molecule has 1 aromatic heterocycles. The second-order valence-corrected chi connectivity index (χ2v) is 5.73. The lowest BCUT2D eigenvalue weighted by Crippen LogP contribution is -2.27. The number of ether oxygens (including phenoxy) is 1. The van der Waals surface area contributed by atoms with Crippen LogP contribution in [0.4, 0.5) is 4.79 Å². The maximum atomic E-state index is 12.1. The number of halogens is 1. The van der Waals surface area contributed by atoms with Crippen LogP contribution in [0.25, 0.3) is 10.9 Å². The monoisotopic (exact) mass is 265 g/mol. The molecule has 0 saturated carbocycles. The van der Waals surface area contributed by atoms with Crippen LogP contribution in [0.2, 0.25) is 5.15 Å². The van der Waals surface area contributed by atoms with Crippen LogP contribution in [-0.4, -0.2) is 16.3 Å². The molecule has 0 bridgehead atoms. The topological polar surface area (TPSA) is 31.2 Å². The smallest absolute Gasteiger partial charge is 0.420 e. The summed E-state index contributed by atoms with van der Waals surface area (Å²) in [6.07, 6.45) is -0.451. The lowest BCUT2D eigenvalue weighted by molar-refractivity contribution is 0.0545. The highest BCUT2D eigenvalue weighted by Gasteiger charge is 2.21. The van der Waals surface area contributed by atoms with Gasteiger partial charge in [-0.3, -0.25) is 0 Å². The molecule has 1 heterocycles. The molecule has 0 radical (unpaired) electrons. The predicted molar refractivity (Wildman–Crippen MR) is 73.3 cm³/mol. The number of aromatic nitrogens is 1. The summed E-state index contributed by atoms with van der Waals surface area (Å²) in [5.41, 5.74) is 1.30. The molecule has 3 nitrogen and oxygen atoms in total. The maximum Gasteiger partial charge on any atom is 0.420 e. The van der Waals surface area contributed by atoms with Gasteiger partial charge in [0.05, 0.1) is 5.52 Å². The van der Waals surface area contributed by atoms with Crippen LogP contribution in [0.15, 0.2) is 24.3 Å². The van der Waals surface area contributed by atoms with E-state index in [1.807, 2.05) is 45.9 Å². The quantitative estimate of drug-likeness (QED) is 0.707. The Bertz CT molecular complexity index is 608. The zero-order valence-electron chi connectivity index (χ0n) is 11.0. The normalized spacial score (nSPS) is 11.8. The fourth-order valence-corrected chi connectivity index (χ4v) is 2.05. The van der Waals surface area contributed by atoms with E-state index < -0.39 is 11.7 Å². The maximum absolute atomic E-state index is 12.1. The Morgan fingerprint density at radius 3 is 2.56 bits per heavy atom. The molecule has 2 rings (SSSR count). The van der Waals surface area contributed by atoms with Gasteiger partial charge >= 0.3 is 6.09 Å². The molecule has 0 N–H and O–H groups in total. The van der Waals surface area contributed by atoms with E-state index >= 15 is 0 Å². The Kier molecular flexibility index (Phi) is 3.11. The number of fused-ring (bicyclic) bond motifs is 1. The molecule has 0 fully saturated rings. The molecule has 0 saturated heterocycles. The van der Waals surface area contributed by atoms with Gasteiger partial charge in [0.1, 0.15) is 10.8 Å². The molecule has 0 unspecified atom stereocenters. The summed E-state index contributed by atoms with van der Waals surface area (Å²) in [4.78, 5) is 12.1. The van der Waals surface area contributed by atoms with E-state index in [-0.39, 0.29) is 0 Å². The third kappa shape index (κ3) is 2.51. The van der Waals surface area contributed by atoms with Crippen LogP contribution in [0.1, 0.15) is 26.3 Å². The number of hydrogen-bond donors (Lipinski definition) is 0. The molecule has 0 spiro atoms. The molecule has 0 aliphatic rings. The fourth-order valence-electron chi connectivity index (χ4n) is 1.77. The van der Waals surface area contributed by atoms with Crippen molar-refractivity contribution in [3.8, 4) is 0 Å². The number of nitrogens with zero attached hydrogens (tertiary/aromatic N) is 1. The van der Waals surface area contributed by atoms with Gasteiger partial charge in [-0.15, -0.1) is 0 Å². The van der Waals surface area contributed by atoms with Crippen LogP contribution in [0, 0.1) is 6.92 Å². The van der Waals surface area contributed by atoms with E-state index in [0.717, 1.165) is 16.5 Å². The molecule has 18 heavy (non-hydrogen) atoms. The minimum atomic E-state index is -0.541. The van der Waals surface area contributed by atoms with Gasteiger partial charge in [-0.05, 0) is 45.4 Å². The Hall–Kier alpha value is -1.48. The van der Waals surface area contributed by atoms with Crippen molar-refractivity contribution < 1.29 is 9.53 Å². The van der Waals surface area contributed by atoms with E-state index in [0.29, 0.717) is 5.15 Å². The minimum absolute atomic E-state index is 0.366. The highest BCUT2D eigenvalue weighted by molar-refractivity contribution is 6.32. The summed E-state index contributed by atoms with van der Waals surface area (Å²) < 4.78 is 6.75. The molecule has 0 aliphatic carbocycles. The number of carbonyl (C=O) groups is 1. The Morgan fingerprint density at radius 2 is 1.94 bits per heavy atom. The van der Waals surface area contributed by atoms with E-state index in [1.165, 1.54) is 4.57 Å². The second kappa shape index (κ2) is 4.32. The average molecular weight is 266 g/mol. The summed E-state index contributed by atoms with van der Waals surface area (Å²) >= 11 is 6.11. The van der Waals surface area contributed by atoms with E-state index in [2.05, 4.69) is 0 Å². The summed E-state index contributed by atoms with van der Waals surface area (Å²) in [5, 5.41) is 1.29. The Morgan fingerprint density at radius 1 is 1.28 bits per heavy atom. The first kappa shape index (κ1) is 13.0. The van der Waals surface area contributed by atoms with Crippen molar-refractivity contribution in [2.75, 3.05) is 0 Å². The van der Waals surface area contributed by atoms with E-state index in [9.17, 15) is 4.79 Å². The predicted octanol–water partition coefficient (Wildman–Crippen LogP) is 4.39. The van der Waals surface area contributed by atoms with Crippen molar-refractivity contribution in [3.05, 3.63) is 35.0 Å². The Labute approximate surface area is 111 Å². The van der Waals surface area contributed by atoms with Crippen LogP contribution in [0.3, 0.4) is 0 Å². The van der Waals surface area contributed by atoms with Gasteiger partial charge in [-0.2, -0.15) is 0 Å². The summed E-state index contributed by atoms with van der Waals surface area (Å²) in [7, 11) is 0. The molecule has 2 aromatic rings. The number of benzene rings is 1. The molecular weight excluding hydrogens is 250 g/mol. The zero-order valence-corrected chi connectivity index (χ0v) is 11.7. The molecule has 4 heteroatoms. The largest absolute Gasteiger partial charge is 0.443 e. The van der Waals surface area contributed by atoms with Crippen LogP contribution < -0.4 is 0 Å². The second-order valence-electron chi connectivity index (χ2n) is 5.35. The third-order valence-electron chi connectivity index (χ3n) is 2.49. The number of rotatable bonds is 0. The lowest BCUT2D eigenvalue weighted by Gasteiger charge is -2.20. The highest BCUT2D eigenvalue weighted by Crippen LogP contribution is 2.25. The number of carbonyl (C=O) groups excluding carboxylic acids is 1.